The lowest BCUT2D eigenvalue weighted by atomic mass is 9.94. The largest absolute Gasteiger partial charge is 0.456 e. The molecule has 114 valence electrons. The minimum absolute atomic E-state index is 0.111. The van der Waals surface area contributed by atoms with E-state index in [1.54, 1.807) is 4.90 Å². The predicted octanol–water partition coefficient (Wildman–Crippen LogP) is 3.74. The molecule has 0 atom stereocenters. The van der Waals surface area contributed by atoms with E-state index in [2.05, 4.69) is 0 Å². The molecule has 1 fully saturated rings. The van der Waals surface area contributed by atoms with Crippen molar-refractivity contribution in [3.05, 3.63) is 77.4 Å². The third-order valence-electron chi connectivity index (χ3n) is 4.36. The number of hydrogen-bond donors (Lipinski definition) is 0. The molecule has 0 unspecified atom stereocenters. The molecule has 0 radical (unpaired) electrons. The Morgan fingerprint density at radius 1 is 1.00 bits per heavy atom. The van der Waals surface area contributed by atoms with Crippen molar-refractivity contribution >= 4 is 17.2 Å². The molecule has 4 rings (SSSR count). The lowest BCUT2D eigenvalue weighted by molar-refractivity contribution is -0.123. The Balaban J connectivity index is 1.90. The Morgan fingerprint density at radius 3 is 2.48 bits per heavy atom. The molecular weight excluding hydrogens is 286 g/mol. The predicted molar refractivity (Wildman–Crippen MR) is 90.7 cm³/mol. The topological polar surface area (TPSA) is 29.5 Å². The molecule has 3 nitrogen and oxygen atoms in total. The van der Waals surface area contributed by atoms with Gasteiger partial charge in [0.2, 0.25) is 5.91 Å². The van der Waals surface area contributed by atoms with Crippen molar-refractivity contribution in [1.29, 1.82) is 0 Å². The Morgan fingerprint density at radius 2 is 1.74 bits per heavy atom. The minimum Gasteiger partial charge on any atom is -0.456 e. The van der Waals surface area contributed by atoms with Gasteiger partial charge in [-0.2, -0.15) is 0 Å². The maximum Gasteiger partial charge on any atom is 0.250 e. The molecule has 0 N–H and O–H groups in total. The molecular formula is C20H17NO2. The molecule has 3 heteroatoms. The molecule has 0 saturated carbocycles. The van der Waals surface area contributed by atoms with E-state index < -0.39 is 0 Å². The lowest BCUT2D eigenvalue weighted by Gasteiger charge is -2.21. The highest BCUT2D eigenvalue weighted by Gasteiger charge is 2.29. The number of carbonyl (C=O) groups is 1. The van der Waals surface area contributed by atoms with Crippen molar-refractivity contribution in [2.45, 2.75) is 6.42 Å². The molecule has 2 heterocycles. The first-order valence-electron chi connectivity index (χ1n) is 7.77. The summed E-state index contributed by atoms with van der Waals surface area (Å²) in [5.41, 5.74) is 3.86. The SMILES string of the molecule is CN1CC/C(=C2/C=C(c3ccccc3)Oc3ccccc32)C1=O. The van der Waals surface area contributed by atoms with Crippen LogP contribution in [0, 0.1) is 0 Å². The van der Waals surface area contributed by atoms with E-state index >= 15 is 0 Å². The first-order chi connectivity index (χ1) is 11.2. The number of amides is 1. The van der Waals surface area contributed by atoms with Crippen molar-refractivity contribution < 1.29 is 9.53 Å². The molecule has 0 aromatic heterocycles. The van der Waals surface area contributed by atoms with E-state index in [0.717, 1.165) is 46.7 Å². The van der Waals surface area contributed by atoms with Crippen LogP contribution >= 0.6 is 0 Å². The fourth-order valence-electron chi connectivity index (χ4n) is 3.10. The molecule has 0 spiro atoms. The highest BCUT2D eigenvalue weighted by atomic mass is 16.5. The van der Waals surface area contributed by atoms with E-state index in [-0.39, 0.29) is 5.91 Å². The van der Waals surface area contributed by atoms with Gasteiger partial charge in [0.1, 0.15) is 11.5 Å². The maximum atomic E-state index is 12.5. The zero-order chi connectivity index (χ0) is 15.8. The molecule has 1 amide bonds. The second kappa shape index (κ2) is 5.43. The first kappa shape index (κ1) is 13.8. The Kier molecular flexibility index (Phi) is 3.27. The van der Waals surface area contributed by atoms with Crippen molar-refractivity contribution in [1.82, 2.24) is 4.90 Å². The van der Waals surface area contributed by atoms with E-state index in [0.29, 0.717) is 0 Å². The summed E-state index contributed by atoms with van der Waals surface area (Å²) in [6.45, 7) is 0.773. The number of rotatable bonds is 1. The molecule has 0 aliphatic carbocycles. The van der Waals surface area contributed by atoms with Crippen LogP contribution in [0.2, 0.25) is 0 Å². The molecule has 2 aromatic rings. The average molecular weight is 303 g/mol. The summed E-state index contributed by atoms with van der Waals surface area (Å²) in [6.07, 6.45) is 2.78. The molecule has 23 heavy (non-hydrogen) atoms. The Bertz CT molecular complexity index is 834. The van der Waals surface area contributed by atoms with Crippen LogP contribution in [0.15, 0.2) is 66.2 Å². The number of benzene rings is 2. The fourth-order valence-corrected chi connectivity index (χ4v) is 3.10. The zero-order valence-corrected chi connectivity index (χ0v) is 13.0. The Hall–Kier alpha value is -2.81. The van der Waals surface area contributed by atoms with Gasteiger partial charge in [0.25, 0.3) is 0 Å². The normalized spacial score (nSPS) is 20.1. The monoisotopic (exact) mass is 303 g/mol. The summed E-state index contributed by atoms with van der Waals surface area (Å²) >= 11 is 0. The number of likely N-dealkylation sites (N-methyl/N-ethyl adjacent to an activating group) is 1. The number of carbonyl (C=O) groups excluding carboxylic acids is 1. The third kappa shape index (κ3) is 2.34. The van der Waals surface area contributed by atoms with Gasteiger partial charge in [-0.25, -0.2) is 0 Å². The summed E-state index contributed by atoms with van der Waals surface area (Å²) in [5, 5.41) is 0. The number of fused-ring (bicyclic) bond motifs is 1. The number of nitrogens with zero attached hydrogens (tertiary/aromatic N) is 1. The van der Waals surface area contributed by atoms with Gasteiger partial charge in [-0.15, -0.1) is 0 Å². The standard InChI is InChI=1S/C20H17NO2/c1-21-12-11-16(20(21)22)17-13-19(14-7-3-2-4-8-14)23-18-10-6-5-9-15(17)18/h2-10,13H,11-12H2,1H3/b17-16+. The highest BCUT2D eigenvalue weighted by Crippen LogP contribution is 2.40. The molecule has 2 aromatic carbocycles. The van der Waals surface area contributed by atoms with Crippen LogP contribution in [-0.2, 0) is 4.79 Å². The van der Waals surface area contributed by atoms with Crippen LogP contribution in [0.4, 0.5) is 0 Å². The number of allylic oxidation sites excluding steroid dienone is 2. The summed E-state index contributed by atoms with van der Waals surface area (Å²) < 4.78 is 6.07. The van der Waals surface area contributed by atoms with Crippen LogP contribution in [0.25, 0.3) is 11.3 Å². The lowest BCUT2D eigenvalue weighted by Crippen LogP contribution is -2.19. The van der Waals surface area contributed by atoms with Gasteiger partial charge < -0.3 is 9.64 Å². The van der Waals surface area contributed by atoms with E-state index in [4.69, 9.17) is 4.74 Å². The number of hydrogen-bond acceptors (Lipinski definition) is 2. The zero-order valence-electron chi connectivity index (χ0n) is 13.0. The van der Waals surface area contributed by atoms with Crippen LogP contribution in [-0.4, -0.2) is 24.4 Å². The molecule has 0 bridgehead atoms. The van der Waals surface area contributed by atoms with Crippen molar-refractivity contribution in [2.75, 3.05) is 13.6 Å². The smallest absolute Gasteiger partial charge is 0.250 e. The van der Waals surface area contributed by atoms with Gasteiger partial charge in [-0.3, -0.25) is 4.79 Å². The van der Waals surface area contributed by atoms with Crippen LogP contribution in [0.1, 0.15) is 17.5 Å². The first-order valence-corrected chi connectivity index (χ1v) is 7.77. The fraction of sp³-hybridized carbons (Fsp3) is 0.150. The van der Waals surface area contributed by atoms with E-state index in [9.17, 15) is 4.79 Å². The Labute approximate surface area is 135 Å². The van der Waals surface area contributed by atoms with Crippen molar-refractivity contribution in [2.24, 2.45) is 0 Å². The summed E-state index contributed by atoms with van der Waals surface area (Å²) in [5.74, 6) is 1.70. The van der Waals surface area contributed by atoms with Gasteiger partial charge >= 0.3 is 0 Å². The maximum absolute atomic E-state index is 12.5. The second-order valence-corrected chi connectivity index (χ2v) is 5.84. The minimum atomic E-state index is 0.111. The summed E-state index contributed by atoms with van der Waals surface area (Å²) in [6, 6.07) is 17.9. The van der Waals surface area contributed by atoms with Crippen LogP contribution in [0.5, 0.6) is 5.75 Å². The van der Waals surface area contributed by atoms with Crippen LogP contribution in [0.3, 0.4) is 0 Å². The van der Waals surface area contributed by atoms with Crippen molar-refractivity contribution in [3.63, 3.8) is 0 Å². The molecule has 2 aliphatic rings. The van der Waals surface area contributed by atoms with E-state index in [1.165, 1.54) is 0 Å². The summed E-state index contributed by atoms with van der Waals surface area (Å²) in [7, 11) is 1.85. The van der Waals surface area contributed by atoms with Crippen LogP contribution < -0.4 is 4.74 Å². The van der Waals surface area contributed by atoms with Gasteiger partial charge in [0.15, 0.2) is 0 Å². The molecule has 1 saturated heterocycles. The summed E-state index contributed by atoms with van der Waals surface area (Å²) in [4.78, 5) is 14.2. The van der Waals surface area contributed by atoms with Crippen molar-refractivity contribution in [3.8, 4) is 5.75 Å². The van der Waals surface area contributed by atoms with Gasteiger partial charge in [0, 0.05) is 30.3 Å². The number of ether oxygens (including phenoxy) is 1. The third-order valence-corrected chi connectivity index (χ3v) is 4.36. The number of likely N-dealkylation sites (tertiary alicyclic amines) is 1. The molecule has 2 aliphatic heterocycles. The van der Waals surface area contributed by atoms with Gasteiger partial charge in [-0.1, -0.05) is 48.5 Å². The average Bonchev–Trinajstić information content (AvgIpc) is 2.94. The second-order valence-electron chi connectivity index (χ2n) is 5.84. The number of para-hydroxylation sites is 1. The quantitative estimate of drug-likeness (QED) is 0.751. The van der Waals surface area contributed by atoms with Gasteiger partial charge in [0.05, 0.1) is 0 Å². The van der Waals surface area contributed by atoms with E-state index in [1.807, 2.05) is 67.7 Å². The highest BCUT2D eigenvalue weighted by molar-refractivity contribution is 6.07. The van der Waals surface area contributed by atoms with Gasteiger partial charge in [-0.05, 0) is 24.1 Å².